The van der Waals surface area contributed by atoms with Gasteiger partial charge >= 0.3 is 0 Å². The summed E-state index contributed by atoms with van der Waals surface area (Å²) < 4.78 is 13.3. The van der Waals surface area contributed by atoms with Gasteiger partial charge in [0.1, 0.15) is 17.2 Å². The molecule has 4 rings (SSSR count). The van der Waals surface area contributed by atoms with Gasteiger partial charge in [-0.2, -0.15) is 15.0 Å². The normalized spacial score (nSPS) is 11.0. The first kappa shape index (κ1) is 19.3. The number of hydrogen-bond acceptors (Lipinski definition) is 3. The van der Waals surface area contributed by atoms with Crippen LogP contribution in [0.25, 0.3) is 11.3 Å². The van der Waals surface area contributed by atoms with Crippen molar-refractivity contribution < 1.29 is 4.39 Å². The summed E-state index contributed by atoms with van der Waals surface area (Å²) in [4.78, 5) is 1.61. The van der Waals surface area contributed by atoms with Crippen molar-refractivity contribution in [3.05, 3.63) is 107 Å². The Hall–Kier alpha value is -3.02. The highest BCUT2D eigenvalue weighted by Crippen LogP contribution is 2.22. The molecule has 3 aromatic carbocycles. The summed E-state index contributed by atoms with van der Waals surface area (Å²) in [7, 11) is 0. The van der Waals surface area contributed by atoms with E-state index in [0.717, 1.165) is 29.1 Å². The summed E-state index contributed by atoms with van der Waals surface area (Å²) in [5.41, 5.74) is 4.65. The van der Waals surface area contributed by atoms with Crippen molar-refractivity contribution in [2.24, 2.45) is 0 Å². The third-order valence-electron chi connectivity index (χ3n) is 4.56. The summed E-state index contributed by atoms with van der Waals surface area (Å²) in [6, 6.07) is 24.5. The van der Waals surface area contributed by atoms with E-state index in [2.05, 4.69) is 27.6 Å². The van der Waals surface area contributed by atoms with Crippen LogP contribution in [0.3, 0.4) is 0 Å². The topological polar surface area (TPSA) is 42.7 Å². The van der Waals surface area contributed by atoms with Crippen LogP contribution in [-0.2, 0) is 19.6 Å². The summed E-state index contributed by atoms with van der Waals surface area (Å²) >= 11 is 6.17. The molecule has 146 valence electrons. The molecule has 0 aliphatic carbocycles. The number of hydrogen-bond donors (Lipinski definition) is 1. The highest BCUT2D eigenvalue weighted by molar-refractivity contribution is 6.31. The molecule has 0 bridgehead atoms. The van der Waals surface area contributed by atoms with Crippen molar-refractivity contribution in [2.75, 3.05) is 0 Å². The van der Waals surface area contributed by atoms with Crippen LogP contribution in [0.5, 0.6) is 0 Å². The Kier molecular flexibility index (Phi) is 5.98. The lowest BCUT2D eigenvalue weighted by molar-refractivity contribution is 0.574. The van der Waals surface area contributed by atoms with E-state index in [1.54, 1.807) is 10.9 Å². The Morgan fingerprint density at radius 2 is 1.59 bits per heavy atom. The number of nitrogens with zero attached hydrogens (tertiary/aromatic N) is 3. The minimum Gasteiger partial charge on any atom is -0.307 e. The van der Waals surface area contributed by atoms with Gasteiger partial charge in [0.25, 0.3) is 0 Å². The van der Waals surface area contributed by atoms with E-state index in [-0.39, 0.29) is 5.82 Å². The minimum absolute atomic E-state index is 0.358. The SMILES string of the molecule is Fc1ccc(Cn2nc(CNCc3ccccc3)c(-c3ccccc3)n2)c(Cl)c1. The van der Waals surface area contributed by atoms with Gasteiger partial charge in [-0.25, -0.2) is 4.39 Å². The summed E-state index contributed by atoms with van der Waals surface area (Å²) in [6.45, 7) is 1.69. The van der Waals surface area contributed by atoms with Gasteiger partial charge in [0.05, 0.1) is 6.54 Å². The molecule has 0 spiro atoms. The molecule has 0 saturated carbocycles. The molecule has 1 heterocycles. The number of nitrogens with one attached hydrogen (secondary N) is 1. The van der Waals surface area contributed by atoms with Crippen LogP contribution >= 0.6 is 11.6 Å². The van der Waals surface area contributed by atoms with Crippen LogP contribution < -0.4 is 5.32 Å². The third-order valence-corrected chi connectivity index (χ3v) is 4.92. The minimum atomic E-state index is -0.358. The van der Waals surface area contributed by atoms with E-state index in [1.807, 2.05) is 48.5 Å². The smallest absolute Gasteiger partial charge is 0.124 e. The van der Waals surface area contributed by atoms with Crippen LogP contribution in [0.2, 0.25) is 5.02 Å². The van der Waals surface area contributed by atoms with Gasteiger partial charge in [0.2, 0.25) is 0 Å². The highest BCUT2D eigenvalue weighted by atomic mass is 35.5. The second kappa shape index (κ2) is 8.99. The molecule has 0 amide bonds. The molecular formula is C23H20ClFN4. The van der Waals surface area contributed by atoms with Crippen LogP contribution in [0.15, 0.2) is 78.9 Å². The fourth-order valence-corrected chi connectivity index (χ4v) is 3.34. The van der Waals surface area contributed by atoms with Gasteiger partial charge in [0, 0.05) is 23.7 Å². The predicted octanol–water partition coefficient (Wildman–Crippen LogP) is 5.08. The van der Waals surface area contributed by atoms with Crippen LogP contribution in [0.4, 0.5) is 4.39 Å². The standard InChI is InChI=1S/C23H20ClFN4/c24-21-13-20(25)12-11-19(21)16-29-27-22(15-26-14-17-7-3-1-4-8-17)23(28-29)18-9-5-2-6-10-18/h1-13,26H,14-16H2. The zero-order valence-corrected chi connectivity index (χ0v) is 16.5. The molecule has 1 aromatic heterocycles. The third kappa shape index (κ3) is 4.88. The zero-order valence-electron chi connectivity index (χ0n) is 15.7. The zero-order chi connectivity index (χ0) is 20.1. The highest BCUT2D eigenvalue weighted by Gasteiger charge is 2.14. The summed E-state index contributed by atoms with van der Waals surface area (Å²) in [5, 5.41) is 13.1. The molecule has 29 heavy (non-hydrogen) atoms. The van der Waals surface area contributed by atoms with Crippen molar-refractivity contribution in [3.63, 3.8) is 0 Å². The largest absolute Gasteiger partial charge is 0.307 e. The molecule has 4 aromatic rings. The van der Waals surface area contributed by atoms with E-state index < -0.39 is 0 Å². The Balaban J connectivity index is 1.57. The number of benzene rings is 3. The van der Waals surface area contributed by atoms with E-state index in [0.29, 0.717) is 18.1 Å². The molecule has 0 atom stereocenters. The van der Waals surface area contributed by atoms with Gasteiger partial charge in [-0.3, -0.25) is 0 Å². The monoisotopic (exact) mass is 406 g/mol. The van der Waals surface area contributed by atoms with Crippen molar-refractivity contribution >= 4 is 11.6 Å². The van der Waals surface area contributed by atoms with Crippen LogP contribution in [0.1, 0.15) is 16.8 Å². The molecule has 4 nitrogen and oxygen atoms in total. The first-order chi connectivity index (χ1) is 14.2. The Labute approximate surface area is 174 Å². The fourth-order valence-electron chi connectivity index (χ4n) is 3.12. The number of halogens is 2. The van der Waals surface area contributed by atoms with Crippen molar-refractivity contribution in [1.82, 2.24) is 20.3 Å². The fraction of sp³-hybridized carbons (Fsp3) is 0.130. The summed E-state index contributed by atoms with van der Waals surface area (Å²) in [6.07, 6.45) is 0. The van der Waals surface area contributed by atoms with Crippen LogP contribution in [0, 0.1) is 5.82 Å². The summed E-state index contributed by atoms with van der Waals surface area (Å²) in [5.74, 6) is -0.358. The van der Waals surface area contributed by atoms with Gasteiger partial charge in [-0.15, -0.1) is 0 Å². The van der Waals surface area contributed by atoms with Gasteiger partial charge in [0.15, 0.2) is 0 Å². The molecule has 0 radical (unpaired) electrons. The van der Waals surface area contributed by atoms with E-state index >= 15 is 0 Å². The Morgan fingerprint density at radius 3 is 2.31 bits per heavy atom. The average Bonchev–Trinajstić information content (AvgIpc) is 3.14. The van der Waals surface area contributed by atoms with Gasteiger partial charge in [-0.05, 0) is 23.3 Å². The molecular weight excluding hydrogens is 387 g/mol. The van der Waals surface area contributed by atoms with Gasteiger partial charge < -0.3 is 5.32 Å². The van der Waals surface area contributed by atoms with E-state index in [4.69, 9.17) is 11.6 Å². The average molecular weight is 407 g/mol. The second-order valence-electron chi connectivity index (χ2n) is 6.72. The lowest BCUT2D eigenvalue weighted by atomic mass is 10.1. The predicted molar refractivity (Wildman–Crippen MR) is 113 cm³/mol. The number of rotatable bonds is 7. The molecule has 1 N–H and O–H groups in total. The van der Waals surface area contributed by atoms with E-state index in [1.165, 1.54) is 17.7 Å². The molecule has 0 unspecified atom stereocenters. The molecule has 0 aliphatic heterocycles. The first-order valence-corrected chi connectivity index (χ1v) is 9.75. The number of aromatic nitrogens is 3. The van der Waals surface area contributed by atoms with Crippen molar-refractivity contribution in [2.45, 2.75) is 19.6 Å². The molecule has 6 heteroatoms. The van der Waals surface area contributed by atoms with Crippen molar-refractivity contribution in [1.29, 1.82) is 0 Å². The quantitative estimate of drug-likeness (QED) is 0.465. The molecule has 0 saturated heterocycles. The first-order valence-electron chi connectivity index (χ1n) is 9.37. The molecule has 0 fully saturated rings. The Bertz CT molecular complexity index is 1080. The Morgan fingerprint density at radius 1 is 0.862 bits per heavy atom. The maximum absolute atomic E-state index is 13.3. The lowest BCUT2D eigenvalue weighted by Crippen LogP contribution is -2.14. The molecule has 0 aliphatic rings. The lowest BCUT2D eigenvalue weighted by Gasteiger charge is -2.04. The van der Waals surface area contributed by atoms with E-state index in [9.17, 15) is 4.39 Å². The van der Waals surface area contributed by atoms with Gasteiger partial charge in [-0.1, -0.05) is 78.3 Å². The van der Waals surface area contributed by atoms with Crippen molar-refractivity contribution in [3.8, 4) is 11.3 Å². The maximum Gasteiger partial charge on any atom is 0.124 e. The van der Waals surface area contributed by atoms with Crippen LogP contribution in [-0.4, -0.2) is 15.0 Å². The second-order valence-corrected chi connectivity index (χ2v) is 7.12. The maximum atomic E-state index is 13.3.